The summed E-state index contributed by atoms with van der Waals surface area (Å²) >= 11 is 0. The van der Waals surface area contributed by atoms with Gasteiger partial charge >= 0.3 is 0 Å². The van der Waals surface area contributed by atoms with Gasteiger partial charge in [-0.1, -0.05) is 0 Å². The molecule has 3 heterocycles. The molecule has 9 heteroatoms. The number of nitrogens with one attached hydrogen (secondary N) is 1. The predicted octanol–water partition coefficient (Wildman–Crippen LogP) is 2.56. The number of carbonyl (C=O) groups excluding carboxylic acids is 1. The molecule has 3 aromatic rings. The summed E-state index contributed by atoms with van der Waals surface area (Å²) in [4.78, 5) is 12.2. The minimum atomic E-state index is -0.150. The lowest BCUT2D eigenvalue weighted by Gasteiger charge is -2.05. The molecule has 0 saturated carbocycles. The second-order valence-electron chi connectivity index (χ2n) is 6.10. The number of hydrogen-bond donors (Lipinski definition) is 1. The van der Waals surface area contributed by atoms with Gasteiger partial charge in [0, 0.05) is 31.1 Å². The first-order chi connectivity index (χ1) is 13.1. The zero-order chi connectivity index (χ0) is 18.8. The number of rotatable bonds is 6. The third kappa shape index (κ3) is 3.62. The van der Waals surface area contributed by atoms with E-state index in [1.807, 2.05) is 19.9 Å². The van der Waals surface area contributed by atoms with Crippen LogP contribution in [-0.2, 0) is 17.8 Å². The number of amides is 1. The molecule has 1 amide bonds. The molecule has 1 aromatic carbocycles. The third-order valence-electron chi connectivity index (χ3n) is 4.11. The van der Waals surface area contributed by atoms with Crippen LogP contribution in [0.2, 0.25) is 0 Å². The van der Waals surface area contributed by atoms with Gasteiger partial charge in [0.25, 0.3) is 5.89 Å². The average molecular weight is 369 g/mol. The summed E-state index contributed by atoms with van der Waals surface area (Å²) in [5, 5.41) is 15.3. The molecular weight excluding hydrogens is 350 g/mol. The molecule has 0 unspecified atom stereocenters. The summed E-state index contributed by atoms with van der Waals surface area (Å²) in [6.07, 6.45) is 0.574. The van der Waals surface area contributed by atoms with Crippen LogP contribution in [0.3, 0.4) is 0 Å². The minimum Gasteiger partial charge on any atom is -0.454 e. The van der Waals surface area contributed by atoms with Crippen molar-refractivity contribution in [2.24, 2.45) is 0 Å². The minimum absolute atomic E-state index is 0.150. The molecule has 1 aliphatic heterocycles. The van der Waals surface area contributed by atoms with E-state index >= 15 is 0 Å². The van der Waals surface area contributed by atoms with Gasteiger partial charge in [0.1, 0.15) is 5.69 Å². The van der Waals surface area contributed by atoms with Gasteiger partial charge in [-0.25, -0.2) is 0 Å². The Kier molecular flexibility index (Phi) is 4.49. The third-order valence-corrected chi connectivity index (χ3v) is 4.11. The number of aromatic nitrogens is 4. The van der Waals surface area contributed by atoms with Gasteiger partial charge in [-0.15, -0.1) is 10.2 Å². The number of ether oxygens (including phenoxy) is 2. The Morgan fingerprint density at radius 2 is 2.07 bits per heavy atom. The first-order valence-electron chi connectivity index (χ1n) is 8.69. The number of benzene rings is 1. The number of anilines is 1. The topological polar surface area (TPSA) is 104 Å². The maximum atomic E-state index is 12.2. The first kappa shape index (κ1) is 17.1. The Bertz CT molecular complexity index is 978. The van der Waals surface area contributed by atoms with Gasteiger partial charge in [-0.05, 0) is 32.0 Å². The van der Waals surface area contributed by atoms with Crippen molar-refractivity contribution in [2.75, 3.05) is 12.1 Å². The molecule has 0 saturated heterocycles. The fourth-order valence-corrected chi connectivity index (χ4v) is 2.84. The van der Waals surface area contributed by atoms with Crippen LogP contribution < -0.4 is 14.8 Å². The van der Waals surface area contributed by atoms with Gasteiger partial charge in [-0.2, -0.15) is 5.10 Å². The van der Waals surface area contributed by atoms with Crippen molar-refractivity contribution in [3.63, 3.8) is 0 Å². The highest BCUT2D eigenvalue weighted by Gasteiger charge is 2.16. The number of aryl methyl sites for hydroxylation is 3. The van der Waals surface area contributed by atoms with Gasteiger partial charge in [0.05, 0.1) is 5.69 Å². The van der Waals surface area contributed by atoms with Gasteiger partial charge in [-0.3, -0.25) is 9.48 Å². The highest BCUT2D eigenvalue weighted by atomic mass is 16.7. The molecule has 1 aliphatic rings. The second kappa shape index (κ2) is 7.10. The van der Waals surface area contributed by atoms with Crippen molar-refractivity contribution in [1.29, 1.82) is 0 Å². The standard InChI is InChI=1S/C18H19N5O4/c1-3-23-13(8-11(2)22-23)18-21-20-17(27-18)7-6-16(24)19-12-4-5-14-15(9-12)26-10-25-14/h4-5,8-9H,3,6-7,10H2,1-2H3,(H,19,24). The molecule has 1 N–H and O–H groups in total. The van der Waals surface area contributed by atoms with Crippen LogP contribution in [0, 0.1) is 6.92 Å². The molecule has 0 radical (unpaired) electrons. The SMILES string of the molecule is CCn1nc(C)cc1-c1nnc(CCC(=O)Nc2ccc3c(c2)OCO3)o1. The summed E-state index contributed by atoms with van der Waals surface area (Å²) in [5.74, 6) is 1.96. The molecular formula is C18H19N5O4. The van der Waals surface area contributed by atoms with E-state index < -0.39 is 0 Å². The van der Waals surface area contributed by atoms with E-state index in [4.69, 9.17) is 13.9 Å². The van der Waals surface area contributed by atoms with E-state index in [2.05, 4.69) is 20.6 Å². The summed E-state index contributed by atoms with van der Waals surface area (Å²) in [6, 6.07) is 7.16. The van der Waals surface area contributed by atoms with Crippen LogP contribution in [0.25, 0.3) is 11.6 Å². The molecule has 4 rings (SSSR count). The van der Waals surface area contributed by atoms with Crippen molar-refractivity contribution < 1.29 is 18.7 Å². The van der Waals surface area contributed by atoms with E-state index in [1.165, 1.54) is 0 Å². The Morgan fingerprint density at radius 1 is 1.22 bits per heavy atom. The van der Waals surface area contributed by atoms with Crippen molar-refractivity contribution in [3.05, 3.63) is 35.9 Å². The highest BCUT2D eigenvalue weighted by molar-refractivity contribution is 5.91. The molecule has 9 nitrogen and oxygen atoms in total. The molecule has 2 aromatic heterocycles. The normalized spacial score (nSPS) is 12.4. The second-order valence-corrected chi connectivity index (χ2v) is 6.10. The van der Waals surface area contributed by atoms with Crippen LogP contribution in [-0.4, -0.2) is 32.7 Å². The molecule has 0 spiro atoms. The summed E-state index contributed by atoms with van der Waals surface area (Å²) in [7, 11) is 0. The molecule has 0 aliphatic carbocycles. The van der Waals surface area contributed by atoms with Crippen LogP contribution in [0.1, 0.15) is 24.9 Å². The molecule has 0 bridgehead atoms. The lowest BCUT2D eigenvalue weighted by atomic mass is 10.2. The van der Waals surface area contributed by atoms with Crippen LogP contribution in [0.4, 0.5) is 5.69 Å². The number of fused-ring (bicyclic) bond motifs is 1. The van der Waals surface area contributed by atoms with Crippen molar-refractivity contribution in [1.82, 2.24) is 20.0 Å². The van der Waals surface area contributed by atoms with Crippen molar-refractivity contribution >= 4 is 11.6 Å². The van der Waals surface area contributed by atoms with Crippen LogP contribution in [0.15, 0.2) is 28.7 Å². The molecule has 0 fully saturated rings. The molecule has 140 valence electrons. The van der Waals surface area contributed by atoms with E-state index in [0.717, 1.165) is 11.4 Å². The van der Waals surface area contributed by atoms with E-state index in [-0.39, 0.29) is 19.1 Å². The van der Waals surface area contributed by atoms with E-state index in [0.29, 0.717) is 41.9 Å². The van der Waals surface area contributed by atoms with Crippen molar-refractivity contribution in [3.8, 4) is 23.1 Å². The van der Waals surface area contributed by atoms with Gasteiger partial charge in [0.2, 0.25) is 18.6 Å². The zero-order valence-corrected chi connectivity index (χ0v) is 15.1. The fraction of sp³-hybridized carbons (Fsp3) is 0.333. The monoisotopic (exact) mass is 369 g/mol. The smallest absolute Gasteiger partial charge is 0.265 e. The summed E-state index contributed by atoms with van der Waals surface area (Å²) < 4.78 is 18.0. The lowest BCUT2D eigenvalue weighted by molar-refractivity contribution is -0.116. The van der Waals surface area contributed by atoms with Gasteiger partial charge < -0.3 is 19.2 Å². The Morgan fingerprint density at radius 3 is 2.93 bits per heavy atom. The van der Waals surface area contributed by atoms with E-state index in [9.17, 15) is 4.79 Å². The summed E-state index contributed by atoms with van der Waals surface area (Å²) in [5.41, 5.74) is 2.31. The zero-order valence-electron chi connectivity index (χ0n) is 15.1. The quantitative estimate of drug-likeness (QED) is 0.712. The molecule has 0 atom stereocenters. The Labute approximate surface area is 155 Å². The first-order valence-corrected chi connectivity index (χ1v) is 8.69. The largest absolute Gasteiger partial charge is 0.454 e. The van der Waals surface area contributed by atoms with Crippen LogP contribution >= 0.6 is 0 Å². The Hall–Kier alpha value is -3.36. The summed E-state index contributed by atoms with van der Waals surface area (Å²) in [6.45, 7) is 4.81. The number of hydrogen-bond acceptors (Lipinski definition) is 7. The van der Waals surface area contributed by atoms with Crippen molar-refractivity contribution in [2.45, 2.75) is 33.2 Å². The predicted molar refractivity (Wildman–Crippen MR) is 95.4 cm³/mol. The highest BCUT2D eigenvalue weighted by Crippen LogP contribution is 2.34. The number of carbonyl (C=O) groups is 1. The maximum Gasteiger partial charge on any atom is 0.265 e. The molecule has 27 heavy (non-hydrogen) atoms. The Balaban J connectivity index is 1.36. The number of nitrogens with zero attached hydrogens (tertiary/aromatic N) is 4. The van der Waals surface area contributed by atoms with Crippen LogP contribution in [0.5, 0.6) is 11.5 Å². The van der Waals surface area contributed by atoms with E-state index in [1.54, 1.807) is 22.9 Å². The lowest BCUT2D eigenvalue weighted by Crippen LogP contribution is -2.12. The van der Waals surface area contributed by atoms with Gasteiger partial charge in [0.15, 0.2) is 11.5 Å². The fourth-order valence-electron chi connectivity index (χ4n) is 2.84. The average Bonchev–Trinajstić information content (AvgIpc) is 3.38. The maximum absolute atomic E-state index is 12.2.